The molecule has 0 aromatic heterocycles. The van der Waals surface area contributed by atoms with E-state index < -0.39 is 20.0 Å². The Bertz CT molecular complexity index is 833. The Hall–Kier alpha value is -1.22. The molecule has 24 heavy (non-hydrogen) atoms. The van der Waals surface area contributed by atoms with Gasteiger partial charge < -0.3 is 0 Å². The van der Waals surface area contributed by atoms with Crippen molar-refractivity contribution in [3.05, 3.63) is 41.8 Å². The van der Waals surface area contributed by atoms with E-state index >= 15 is 0 Å². The van der Waals surface area contributed by atoms with Gasteiger partial charge in [-0.25, -0.2) is 21.6 Å². The monoisotopic (exact) mass is 370 g/mol. The summed E-state index contributed by atoms with van der Waals surface area (Å²) >= 11 is 0. The summed E-state index contributed by atoms with van der Waals surface area (Å²) in [5, 5.41) is 0.881. The van der Waals surface area contributed by atoms with Crippen molar-refractivity contribution in [2.24, 2.45) is 11.8 Å². The van der Waals surface area contributed by atoms with Gasteiger partial charge in [-0.15, -0.1) is 0 Å². The van der Waals surface area contributed by atoms with Gasteiger partial charge in [-0.1, -0.05) is 32.6 Å². The summed E-state index contributed by atoms with van der Waals surface area (Å²) in [7, 11) is -6.99. The Morgan fingerprint density at radius 1 is 1.12 bits per heavy atom. The average molecular weight is 370 g/mol. The second-order valence-corrected chi connectivity index (χ2v) is 10.3. The zero-order valence-corrected chi connectivity index (χ0v) is 15.3. The first-order chi connectivity index (χ1) is 11.2. The summed E-state index contributed by atoms with van der Waals surface area (Å²) in [5.74, 6) is 0.439. The van der Waals surface area contributed by atoms with E-state index in [0.29, 0.717) is 19.0 Å². The van der Waals surface area contributed by atoms with Gasteiger partial charge in [-0.3, -0.25) is 0 Å². The first-order valence-corrected chi connectivity index (χ1v) is 10.9. The number of benzene rings is 1. The summed E-state index contributed by atoms with van der Waals surface area (Å²) in [5.41, 5.74) is 1.09. The van der Waals surface area contributed by atoms with Gasteiger partial charge in [0.1, 0.15) is 0 Å². The molecular formula is C16H22N2O4S2. The van der Waals surface area contributed by atoms with E-state index in [1.807, 2.05) is 12.1 Å². The molecule has 2 aliphatic rings. The second kappa shape index (κ2) is 5.94. The molecule has 3 rings (SSSR count). The molecule has 0 bridgehead atoms. The number of nitrogens with one attached hydrogen (secondary N) is 1. The average Bonchev–Trinajstić information content (AvgIpc) is 2.97. The fraction of sp³-hybridized carbons (Fsp3) is 0.500. The highest BCUT2D eigenvalue weighted by atomic mass is 32.2. The summed E-state index contributed by atoms with van der Waals surface area (Å²) < 4.78 is 52.4. The van der Waals surface area contributed by atoms with Crippen LogP contribution < -0.4 is 4.72 Å². The number of rotatable bonds is 6. The minimum absolute atomic E-state index is 0.0458. The number of hydrogen-bond donors (Lipinski definition) is 1. The molecule has 0 spiro atoms. The van der Waals surface area contributed by atoms with Gasteiger partial charge in [0, 0.05) is 24.5 Å². The van der Waals surface area contributed by atoms with Crippen molar-refractivity contribution in [1.82, 2.24) is 9.03 Å². The lowest BCUT2D eigenvalue weighted by Gasteiger charge is -2.20. The largest absolute Gasteiger partial charge is 0.243 e. The topological polar surface area (TPSA) is 83.6 Å². The molecule has 0 radical (unpaired) electrons. The number of nitrogens with zero attached hydrogens (tertiary/aromatic N) is 1. The molecule has 132 valence electrons. The van der Waals surface area contributed by atoms with Crippen LogP contribution in [-0.2, 0) is 20.0 Å². The molecule has 1 aliphatic heterocycles. The van der Waals surface area contributed by atoms with Crippen molar-refractivity contribution in [2.75, 3.05) is 13.1 Å². The molecule has 2 unspecified atom stereocenters. The van der Waals surface area contributed by atoms with Gasteiger partial charge >= 0.3 is 0 Å². The van der Waals surface area contributed by atoms with Gasteiger partial charge in [0.25, 0.3) is 0 Å². The Morgan fingerprint density at radius 2 is 1.67 bits per heavy atom. The van der Waals surface area contributed by atoms with Gasteiger partial charge in [-0.2, -0.15) is 4.31 Å². The first-order valence-electron chi connectivity index (χ1n) is 7.90. The molecule has 1 saturated carbocycles. The van der Waals surface area contributed by atoms with Crippen molar-refractivity contribution in [2.45, 2.75) is 30.7 Å². The van der Waals surface area contributed by atoms with Crippen molar-refractivity contribution in [3.63, 3.8) is 0 Å². The highest BCUT2D eigenvalue weighted by molar-refractivity contribution is 7.92. The summed E-state index contributed by atoms with van der Waals surface area (Å²) in [4.78, 5) is 0.288. The summed E-state index contributed by atoms with van der Waals surface area (Å²) in [6.45, 7) is 8.08. The number of sulfonamides is 2. The fourth-order valence-corrected chi connectivity index (χ4v) is 5.61. The van der Waals surface area contributed by atoms with Crippen molar-refractivity contribution in [1.29, 1.82) is 0 Å². The lowest BCUT2D eigenvalue weighted by molar-refractivity contribution is 0.426. The van der Waals surface area contributed by atoms with Gasteiger partial charge in [0.15, 0.2) is 0 Å². The van der Waals surface area contributed by atoms with Crippen molar-refractivity contribution in [3.8, 4) is 0 Å². The van der Waals surface area contributed by atoms with Gasteiger partial charge in [0.05, 0.1) is 4.90 Å². The van der Waals surface area contributed by atoms with Gasteiger partial charge in [-0.05, 0) is 35.4 Å². The molecule has 6 nitrogen and oxygen atoms in total. The van der Waals surface area contributed by atoms with Crippen LogP contribution in [0, 0.1) is 11.8 Å². The number of hydrogen-bond acceptors (Lipinski definition) is 4. The van der Waals surface area contributed by atoms with Crippen LogP contribution in [-0.4, -0.2) is 40.3 Å². The molecule has 1 aromatic rings. The second-order valence-electron chi connectivity index (χ2n) is 6.73. The maximum atomic E-state index is 12.7. The smallest absolute Gasteiger partial charge is 0.208 e. The molecule has 1 heterocycles. The first kappa shape index (κ1) is 17.6. The molecule has 1 aromatic carbocycles. The van der Waals surface area contributed by atoms with Crippen LogP contribution >= 0.6 is 0 Å². The van der Waals surface area contributed by atoms with Crippen LogP contribution in [0.2, 0.25) is 0 Å². The molecule has 8 heteroatoms. The van der Waals surface area contributed by atoms with E-state index in [9.17, 15) is 16.8 Å². The number of piperidine rings is 1. The third kappa shape index (κ3) is 3.15. The molecule has 1 aliphatic carbocycles. The lowest BCUT2D eigenvalue weighted by atomic mass is 10.0. The van der Waals surface area contributed by atoms with Crippen LogP contribution in [0.5, 0.6) is 0 Å². The van der Waals surface area contributed by atoms with Crippen molar-refractivity contribution >= 4 is 20.0 Å². The SMILES string of the molecule is C=CS(=O)(=O)NC1C2CN(S(=O)(=O)c3ccc(C(C)C)cc3)CC21. The van der Waals surface area contributed by atoms with E-state index in [1.54, 1.807) is 12.1 Å². The predicted molar refractivity (Wildman–Crippen MR) is 92.3 cm³/mol. The van der Waals surface area contributed by atoms with E-state index in [-0.39, 0.29) is 22.8 Å². The van der Waals surface area contributed by atoms with Crippen LogP contribution in [0.4, 0.5) is 0 Å². The molecule has 2 atom stereocenters. The standard InChI is InChI=1S/C16H22N2O4S2/c1-4-23(19,20)17-16-14-9-18(10-15(14)16)24(21,22)13-7-5-12(6-8-13)11(2)3/h4-8,11,14-17H,1,9-10H2,2-3H3. The predicted octanol–water partition coefficient (Wildman–Crippen LogP) is 1.49. The fourth-order valence-electron chi connectivity index (χ4n) is 3.27. The number of fused-ring (bicyclic) bond motifs is 1. The highest BCUT2D eigenvalue weighted by Gasteiger charge is 2.59. The molecule has 0 amide bonds. The van der Waals surface area contributed by atoms with Crippen LogP contribution in [0.25, 0.3) is 0 Å². The van der Waals surface area contributed by atoms with E-state index in [1.165, 1.54) is 4.31 Å². The van der Waals surface area contributed by atoms with E-state index in [2.05, 4.69) is 25.1 Å². The zero-order valence-electron chi connectivity index (χ0n) is 13.7. The highest BCUT2D eigenvalue weighted by Crippen LogP contribution is 2.47. The van der Waals surface area contributed by atoms with Crippen LogP contribution in [0.3, 0.4) is 0 Å². The minimum Gasteiger partial charge on any atom is -0.208 e. The summed E-state index contributed by atoms with van der Waals surface area (Å²) in [6.07, 6.45) is 0. The normalized spacial score (nSPS) is 27.2. The zero-order chi connectivity index (χ0) is 17.7. The third-order valence-electron chi connectivity index (χ3n) is 4.86. The Labute approximate surface area is 143 Å². The summed E-state index contributed by atoms with van der Waals surface area (Å²) in [6, 6.07) is 6.80. The maximum Gasteiger partial charge on any atom is 0.243 e. The third-order valence-corrected chi connectivity index (χ3v) is 7.75. The van der Waals surface area contributed by atoms with Crippen molar-refractivity contribution < 1.29 is 16.8 Å². The lowest BCUT2D eigenvalue weighted by Crippen LogP contribution is -2.36. The van der Waals surface area contributed by atoms with E-state index in [4.69, 9.17) is 0 Å². The van der Waals surface area contributed by atoms with E-state index in [0.717, 1.165) is 11.0 Å². The minimum atomic E-state index is -3.52. The Balaban J connectivity index is 1.68. The Morgan fingerprint density at radius 3 is 2.12 bits per heavy atom. The molecule has 1 N–H and O–H groups in total. The van der Waals surface area contributed by atoms with Crippen LogP contribution in [0.1, 0.15) is 25.3 Å². The Kier molecular flexibility index (Phi) is 4.36. The molecule has 2 fully saturated rings. The molecule has 1 saturated heterocycles. The maximum absolute atomic E-state index is 12.7. The molecular weight excluding hydrogens is 348 g/mol. The van der Waals surface area contributed by atoms with Gasteiger partial charge in [0.2, 0.25) is 20.0 Å². The van der Waals surface area contributed by atoms with Crippen LogP contribution in [0.15, 0.2) is 41.1 Å². The quantitative estimate of drug-likeness (QED) is 0.822.